The predicted octanol–water partition coefficient (Wildman–Crippen LogP) is 4.48. The molecule has 6 heteroatoms. The van der Waals surface area contributed by atoms with Crippen molar-refractivity contribution in [2.75, 3.05) is 20.2 Å². The molecule has 0 fully saturated rings. The predicted molar refractivity (Wildman–Crippen MR) is 119 cm³/mol. The van der Waals surface area contributed by atoms with E-state index in [1.165, 1.54) is 0 Å². The highest BCUT2D eigenvalue weighted by Gasteiger charge is 2.22. The van der Waals surface area contributed by atoms with E-state index in [9.17, 15) is 5.11 Å². The van der Waals surface area contributed by atoms with Crippen molar-refractivity contribution < 1.29 is 14.6 Å². The van der Waals surface area contributed by atoms with E-state index >= 15 is 0 Å². The monoisotopic (exact) mass is 409 g/mol. The highest BCUT2D eigenvalue weighted by Crippen LogP contribution is 2.35. The summed E-state index contributed by atoms with van der Waals surface area (Å²) in [4.78, 5) is 2.24. The van der Waals surface area contributed by atoms with Crippen molar-refractivity contribution in [1.82, 2.24) is 14.7 Å². The summed E-state index contributed by atoms with van der Waals surface area (Å²) in [6.45, 7) is 6.07. The highest BCUT2D eigenvalue weighted by atomic mass is 16.5. The number of benzene rings is 2. The number of aliphatic hydroxyl groups excluding tert-OH is 1. The van der Waals surface area contributed by atoms with Crippen LogP contribution in [0, 0.1) is 0 Å². The van der Waals surface area contributed by atoms with Crippen LogP contribution in [0.2, 0.25) is 0 Å². The van der Waals surface area contributed by atoms with Gasteiger partial charge in [-0.05, 0) is 32.0 Å². The van der Waals surface area contributed by atoms with Crippen LogP contribution in [0.1, 0.15) is 25.8 Å². The molecule has 1 aromatic heterocycles. The summed E-state index contributed by atoms with van der Waals surface area (Å²) in [7, 11) is 3.53. The number of aliphatic hydroxyl groups is 1. The fourth-order valence-corrected chi connectivity index (χ4v) is 3.58. The molecule has 0 saturated carbocycles. The highest BCUT2D eigenvalue weighted by molar-refractivity contribution is 5.65. The number of aromatic nitrogens is 2. The minimum absolute atomic E-state index is 0.406. The molecular formula is C24H31N3O3. The smallest absolute Gasteiger partial charge is 0.222 e. The average Bonchev–Trinajstić information content (AvgIpc) is 3.04. The summed E-state index contributed by atoms with van der Waals surface area (Å²) in [5.74, 6) is 2.12. The average molecular weight is 410 g/mol. The zero-order valence-electron chi connectivity index (χ0n) is 18.2. The van der Waals surface area contributed by atoms with E-state index in [-0.39, 0.29) is 0 Å². The first-order valence-electron chi connectivity index (χ1n) is 10.4. The molecule has 3 rings (SSSR count). The van der Waals surface area contributed by atoms with E-state index in [2.05, 4.69) is 24.0 Å². The summed E-state index contributed by atoms with van der Waals surface area (Å²) in [5, 5.41) is 14.8. The number of aryl methyl sites for hydroxylation is 1. The molecule has 0 radical (unpaired) electrons. The van der Waals surface area contributed by atoms with Gasteiger partial charge in [0.2, 0.25) is 5.88 Å². The second-order valence-corrected chi connectivity index (χ2v) is 7.49. The Balaban J connectivity index is 2.03. The number of ether oxygens (including phenoxy) is 2. The Morgan fingerprint density at radius 2 is 1.83 bits per heavy atom. The van der Waals surface area contributed by atoms with Crippen LogP contribution in [-0.2, 0) is 13.6 Å². The SMILES string of the molecule is CCCN(Cc1c(-c2ccccc2)nn(C)c1Oc1cccc(OC)c1)C[C@@H](C)O. The molecule has 1 atom stereocenters. The van der Waals surface area contributed by atoms with E-state index in [0.717, 1.165) is 35.5 Å². The second-order valence-electron chi connectivity index (χ2n) is 7.49. The van der Waals surface area contributed by atoms with Crippen molar-refractivity contribution in [3.63, 3.8) is 0 Å². The number of hydrogen-bond acceptors (Lipinski definition) is 5. The molecule has 160 valence electrons. The van der Waals surface area contributed by atoms with Crippen LogP contribution in [0.5, 0.6) is 17.4 Å². The summed E-state index contributed by atoms with van der Waals surface area (Å²) in [5.41, 5.74) is 2.93. The molecule has 0 unspecified atom stereocenters. The minimum atomic E-state index is -0.406. The van der Waals surface area contributed by atoms with Gasteiger partial charge in [0.15, 0.2) is 0 Å². The molecule has 2 aromatic carbocycles. The maximum absolute atomic E-state index is 9.97. The third-order valence-corrected chi connectivity index (χ3v) is 4.83. The first-order chi connectivity index (χ1) is 14.5. The summed E-state index contributed by atoms with van der Waals surface area (Å²) >= 11 is 0. The van der Waals surface area contributed by atoms with Gasteiger partial charge in [0.1, 0.15) is 17.2 Å². The van der Waals surface area contributed by atoms with Crippen LogP contribution in [0.15, 0.2) is 54.6 Å². The van der Waals surface area contributed by atoms with Gasteiger partial charge in [-0.25, -0.2) is 4.68 Å². The molecular weight excluding hydrogens is 378 g/mol. The van der Waals surface area contributed by atoms with Gasteiger partial charge in [-0.15, -0.1) is 0 Å². The first-order valence-corrected chi connectivity index (χ1v) is 10.4. The Labute approximate surface area is 178 Å². The molecule has 30 heavy (non-hydrogen) atoms. The van der Waals surface area contributed by atoms with Crippen molar-refractivity contribution >= 4 is 0 Å². The van der Waals surface area contributed by atoms with Crippen LogP contribution in [0.4, 0.5) is 0 Å². The molecule has 0 spiro atoms. The van der Waals surface area contributed by atoms with E-state index in [0.29, 0.717) is 24.7 Å². The standard InChI is InChI=1S/C24H31N3O3/c1-5-14-27(16-18(2)28)17-22-23(19-10-7-6-8-11-19)25-26(3)24(22)30-21-13-9-12-20(15-21)29-4/h6-13,15,18,28H,5,14,16-17H2,1-4H3/t18-/m1/s1. The van der Waals surface area contributed by atoms with E-state index in [4.69, 9.17) is 14.6 Å². The van der Waals surface area contributed by atoms with Gasteiger partial charge in [-0.2, -0.15) is 5.10 Å². The normalized spacial score (nSPS) is 12.2. The van der Waals surface area contributed by atoms with Crippen LogP contribution < -0.4 is 9.47 Å². The Bertz CT molecular complexity index is 938. The van der Waals surface area contributed by atoms with Gasteiger partial charge in [-0.1, -0.05) is 43.3 Å². The van der Waals surface area contributed by atoms with Crippen LogP contribution in [0.3, 0.4) is 0 Å². The van der Waals surface area contributed by atoms with Crippen molar-refractivity contribution in [3.8, 4) is 28.6 Å². The second kappa shape index (κ2) is 10.3. The summed E-state index contributed by atoms with van der Waals surface area (Å²) in [6.07, 6.45) is 0.593. The fourth-order valence-electron chi connectivity index (χ4n) is 3.58. The maximum atomic E-state index is 9.97. The summed E-state index contributed by atoms with van der Waals surface area (Å²) in [6, 6.07) is 17.7. The molecule has 0 aliphatic rings. The lowest BCUT2D eigenvalue weighted by molar-refractivity contribution is 0.122. The molecule has 1 heterocycles. The Morgan fingerprint density at radius 1 is 1.10 bits per heavy atom. The Hall–Kier alpha value is -2.83. The van der Waals surface area contributed by atoms with Crippen molar-refractivity contribution in [2.45, 2.75) is 32.9 Å². The summed E-state index contributed by atoms with van der Waals surface area (Å²) < 4.78 is 13.4. The lowest BCUT2D eigenvalue weighted by Gasteiger charge is -2.23. The maximum Gasteiger partial charge on any atom is 0.222 e. The van der Waals surface area contributed by atoms with Crippen LogP contribution in [-0.4, -0.2) is 46.1 Å². The van der Waals surface area contributed by atoms with Gasteiger partial charge >= 0.3 is 0 Å². The largest absolute Gasteiger partial charge is 0.497 e. The Morgan fingerprint density at radius 3 is 2.50 bits per heavy atom. The molecule has 1 N–H and O–H groups in total. The first kappa shape index (κ1) is 21.9. The van der Waals surface area contributed by atoms with Crippen molar-refractivity contribution in [1.29, 1.82) is 0 Å². The zero-order valence-corrected chi connectivity index (χ0v) is 18.2. The van der Waals surface area contributed by atoms with E-state index in [1.54, 1.807) is 11.8 Å². The van der Waals surface area contributed by atoms with Crippen LogP contribution in [0.25, 0.3) is 11.3 Å². The molecule has 0 aliphatic carbocycles. The number of nitrogens with zero attached hydrogens (tertiary/aromatic N) is 3. The Kier molecular flexibility index (Phi) is 7.49. The van der Waals surface area contributed by atoms with Crippen molar-refractivity contribution in [2.24, 2.45) is 7.05 Å². The van der Waals surface area contributed by atoms with Gasteiger partial charge in [0, 0.05) is 31.8 Å². The van der Waals surface area contributed by atoms with Crippen molar-refractivity contribution in [3.05, 3.63) is 60.2 Å². The molecule has 0 aliphatic heterocycles. The van der Waals surface area contributed by atoms with Crippen LogP contribution >= 0.6 is 0 Å². The lowest BCUT2D eigenvalue weighted by Crippen LogP contribution is -2.31. The number of hydrogen-bond donors (Lipinski definition) is 1. The lowest BCUT2D eigenvalue weighted by atomic mass is 10.1. The zero-order chi connectivity index (χ0) is 21.5. The van der Waals surface area contributed by atoms with Gasteiger partial charge in [-0.3, -0.25) is 4.90 Å². The third kappa shape index (κ3) is 5.40. The van der Waals surface area contributed by atoms with Gasteiger partial charge in [0.05, 0.1) is 18.8 Å². The van der Waals surface area contributed by atoms with E-state index < -0.39 is 6.10 Å². The van der Waals surface area contributed by atoms with Gasteiger partial charge in [0.25, 0.3) is 0 Å². The minimum Gasteiger partial charge on any atom is -0.497 e. The number of methoxy groups -OCH3 is 1. The molecule has 0 saturated heterocycles. The topological polar surface area (TPSA) is 59.8 Å². The van der Waals surface area contributed by atoms with Gasteiger partial charge < -0.3 is 14.6 Å². The van der Waals surface area contributed by atoms with E-state index in [1.807, 2.05) is 56.4 Å². The molecule has 3 aromatic rings. The molecule has 0 bridgehead atoms. The fraction of sp³-hybridized carbons (Fsp3) is 0.375. The molecule has 0 amide bonds. The molecule has 6 nitrogen and oxygen atoms in total. The number of rotatable bonds is 10. The third-order valence-electron chi connectivity index (χ3n) is 4.83. The quantitative estimate of drug-likeness (QED) is 0.535.